The molecular weight excluding hydrogens is 360 g/mol. The number of aliphatic hydroxyl groups excluding tert-OH is 1. The molecular formula is C21H24N2O5. The van der Waals surface area contributed by atoms with E-state index in [-0.39, 0.29) is 30.9 Å². The van der Waals surface area contributed by atoms with Gasteiger partial charge in [0.25, 0.3) is 5.91 Å². The average molecular weight is 384 g/mol. The van der Waals surface area contributed by atoms with Crippen LogP contribution in [0.1, 0.15) is 30.1 Å². The average Bonchev–Trinajstić information content (AvgIpc) is 3.19. The fraction of sp³-hybridized carbons (Fsp3) is 0.333. The quantitative estimate of drug-likeness (QED) is 0.620. The van der Waals surface area contributed by atoms with E-state index in [1.54, 1.807) is 7.11 Å². The van der Waals surface area contributed by atoms with Gasteiger partial charge in [0.15, 0.2) is 11.5 Å². The third-order valence-corrected chi connectivity index (χ3v) is 4.54. The molecule has 0 saturated heterocycles. The van der Waals surface area contributed by atoms with Crippen molar-refractivity contribution in [1.29, 1.82) is 0 Å². The lowest BCUT2D eigenvalue weighted by Gasteiger charge is -2.18. The smallest absolute Gasteiger partial charge is 0.273 e. The van der Waals surface area contributed by atoms with Crippen LogP contribution in [0.3, 0.4) is 0 Å². The van der Waals surface area contributed by atoms with Gasteiger partial charge in [-0.25, -0.2) is 0 Å². The van der Waals surface area contributed by atoms with E-state index in [1.165, 1.54) is 6.07 Å². The Labute approximate surface area is 163 Å². The Morgan fingerprint density at radius 2 is 1.86 bits per heavy atom. The van der Waals surface area contributed by atoms with Gasteiger partial charge in [0.2, 0.25) is 0 Å². The van der Waals surface area contributed by atoms with Gasteiger partial charge >= 0.3 is 0 Å². The van der Waals surface area contributed by atoms with Crippen molar-refractivity contribution in [1.82, 2.24) is 10.5 Å². The highest BCUT2D eigenvalue weighted by atomic mass is 16.5. The second-order valence-corrected chi connectivity index (χ2v) is 6.79. The Morgan fingerprint density at radius 1 is 1.18 bits per heavy atom. The molecule has 0 aliphatic rings. The van der Waals surface area contributed by atoms with Gasteiger partial charge in [-0.1, -0.05) is 43.3 Å². The molecule has 0 bridgehead atoms. The molecule has 7 nitrogen and oxygen atoms in total. The van der Waals surface area contributed by atoms with Crippen LogP contribution in [-0.2, 0) is 6.61 Å². The number of amides is 1. The van der Waals surface area contributed by atoms with E-state index in [0.29, 0.717) is 11.5 Å². The molecule has 28 heavy (non-hydrogen) atoms. The number of carbonyl (C=O) groups is 1. The number of nitrogens with one attached hydrogen (secondary N) is 1. The zero-order valence-electron chi connectivity index (χ0n) is 16.1. The van der Waals surface area contributed by atoms with E-state index in [1.807, 2.05) is 50.2 Å². The molecule has 1 aromatic heterocycles. The zero-order valence-corrected chi connectivity index (χ0v) is 16.1. The summed E-state index contributed by atoms with van der Waals surface area (Å²) >= 11 is 0. The monoisotopic (exact) mass is 384 g/mol. The molecule has 1 heterocycles. The second kappa shape index (κ2) is 8.75. The molecule has 3 rings (SSSR count). The largest absolute Gasteiger partial charge is 0.496 e. The first kappa shape index (κ1) is 19.7. The summed E-state index contributed by atoms with van der Waals surface area (Å²) in [5.74, 6) is 1.59. The summed E-state index contributed by atoms with van der Waals surface area (Å²) in [7, 11) is 1.63. The van der Waals surface area contributed by atoms with Crippen molar-refractivity contribution in [3.8, 4) is 11.5 Å². The van der Waals surface area contributed by atoms with Crippen LogP contribution in [0.25, 0.3) is 10.8 Å². The number of methoxy groups -OCH3 is 1. The van der Waals surface area contributed by atoms with Crippen LogP contribution in [0.2, 0.25) is 0 Å². The van der Waals surface area contributed by atoms with Gasteiger partial charge in [0.1, 0.15) is 18.1 Å². The summed E-state index contributed by atoms with van der Waals surface area (Å²) in [6.07, 6.45) is 0. The molecule has 7 heteroatoms. The van der Waals surface area contributed by atoms with Gasteiger partial charge in [-0.05, 0) is 18.1 Å². The number of hydrogen-bond acceptors (Lipinski definition) is 6. The topological polar surface area (TPSA) is 93.8 Å². The number of ether oxygens (including phenoxy) is 2. The first-order valence-corrected chi connectivity index (χ1v) is 9.09. The summed E-state index contributed by atoms with van der Waals surface area (Å²) in [5.41, 5.74) is 0.150. The van der Waals surface area contributed by atoms with Gasteiger partial charge in [0, 0.05) is 16.8 Å². The van der Waals surface area contributed by atoms with Crippen LogP contribution < -0.4 is 14.8 Å². The first-order valence-electron chi connectivity index (χ1n) is 9.09. The molecule has 0 fully saturated rings. The Morgan fingerprint density at radius 3 is 2.50 bits per heavy atom. The van der Waals surface area contributed by atoms with Crippen molar-refractivity contribution in [2.24, 2.45) is 5.92 Å². The molecule has 1 atom stereocenters. The molecule has 0 aliphatic heterocycles. The number of aromatic nitrogens is 1. The minimum Gasteiger partial charge on any atom is -0.496 e. The van der Waals surface area contributed by atoms with Gasteiger partial charge in [-0.2, -0.15) is 0 Å². The van der Waals surface area contributed by atoms with Crippen LogP contribution in [0.4, 0.5) is 0 Å². The Balaban J connectivity index is 1.70. The van der Waals surface area contributed by atoms with Crippen LogP contribution in [0.15, 0.2) is 47.0 Å². The SMILES string of the molecule is COc1ccc(OCc2cc(C(=O)NC(CO)C(C)C)no2)c2ccccc12. The highest BCUT2D eigenvalue weighted by Crippen LogP contribution is 2.33. The van der Waals surface area contributed by atoms with Gasteiger partial charge in [-0.3, -0.25) is 4.79 Å². The molecule has 0 spiro atoms. The van der Waals surface area contributed by atoms with Crippen LogP contribution >= 0.6 is 0 Å². The number of carbonyl (C=O) groups excluding carboxylic acids is 1. The summed E-state index contributed by atoms with van der Waals surface area (Å²) in [4.78, 5) is 12.3. The zero-order chi connectivity index (χ0) is 20.1. The number of nitrogens with zero attached hydrogens (tertiary/aromatic N) is 1. The van der Waals surface area contributed by atoms with Crippen molar-refractivity contribution in [2.45, 2.75) is 26.5 Å². The number of benzene rings is 2. The van der Waals surface area contributed by atoms with Crippen molar-refractivity contribution in [3.05, 3.63) is 53.9 Å². The third-order valence-electron chi connectivity index (χ3n) is 4.54. The molecule has 1 unspecified atom stereocenters. The fourth-order valence-electron chi connectivity index (χ4n) is 2.85. The Kier molecular flexibility index (Phi) is 6.16. The lowest BCUT2D eigenvalue weighted by Crippen LogP contribution is -2.41. The van der Waals surface area contributed by atoms with Gasteiger partial charge in [-0.15, -0.1) is 0 Å². The number of rotatable bonds is 8. The minimum atomic E-state index is -0.391. The summed E-state index contributed by atoms with van der Waals surface area (Å²) in [5, 5.41) is 17.7. The predicted octanol–water partition coefficient (Wildman–Crippen LogP) is 3.16. The van der Waals surface area contributed by atoms with Crippen molar-refractivity contribution in [3.63, 3.8) is 0 Å². The minimum absolute atomic E-state index is 0.104. The maximum absolute atomic E-state index is 12.3. The van der Waals surface area contributed by atoms with E-state index in [4.69, 9.17) is 14.0 Å². The highest BCUT2D eigenvalue weighted by molar-refractivity contribution is 5.93. The second-order valence-electron chi connectivity index (χ2n) is 6.79. The maximum atomic E-state index is 12.3. The first-order chi connectivity index (χ1) is 13.5. The summed E-state index contributed by atoms with van der Waals surface area (Å²) in [6, 6.07) is 12.7. The van der Waals surface area contributed by atoms with Gasteiger partial charge < -0.3 is 24.4 Å². The van der Waals surface area contributed by atoms with E-state index in [0.717, 1.165) is 16.5 Å². The number of fused-ring (bicyclic) bond motifs is 1. The molecule has 0 saturated carbocycles. The number of aliphatic hydroxyl groups is 1. The van der Waals surface area contributed by atoms with Crippen molar-refractivity contribution < 1.29 is 23.9 Å². The molecule has 148 valence electrons. The summed E-state index contributed by atoms with van der Waals surface area (Å²) in [6.45, 7) is 3.83. The maximum Gasteiger partial charge on any atom is 0.273 e. The van der Waals surface area contributed by atoms with Gasteiger partial charge in [0.05, 0.1) is 19.8 Å². The van der Waals surface area contributed by atoms with E-state index < -0.39 is 5.91 Å². The standard InChI is InChI=1S/C21H24N2O5/c1-13(2)18(11-24)22-21(25)17-10-14(28-23-17)12-27-20-9-8-19(26-3)15-6-4-5-7-16(15)20/h4-10,13,18,24H,11-12H2,1-3H3,(H,22,25). The molecule has 0 radical (unpaired) electrons. The molecule has 1 amide bonds. The van der Waals surface area contributed by atoms with E-state index in [2.05, 4.69) is 10.5 Å². The predicted molar refractivity (Wildman–Crippen MR) is 105 cm³/mol. The van der Waals surface area contributed by atoms with E-state index in [9.17, 15) is 9.90 Å². The summed E-state index contributed by atoms with van der Waals surface area (Å²) < 4.78 is 16.5. The molecule has 2 N–H and O–H groups in total. The number of hydrogen-bond donors (Lipinski definition) is 2. The Bertz CT molecular complexity index is 951. The molecule has 3 aromatic rings. The van der Waals surface area contributed by atoms with Crippen LogP contribution in [0, 0.1) is 5.92 Å². The van der Waals surface area contributed by atoms with Crippen molar-refractivity contribution >= 4 is 16.7 Å². The molecule has 2 aromatic carbocycles. The van der Waals surface area contributed by atoms with Crippen LogP contribution in [-0.4, -0.2) is 35.9 Å². The third kappa shape index (κ3) is 4.26. The van der Waals surface area contributed by atoms with Crippen molar-refractivity contribution in [2.75, 3.05) is 13.7 Å². The lowest BCUT2D eigenvalue weighted by atomic mass is 10.1. The van der Waals surface area contributed by atoms with E-state index >= 15 is 0 Å². The Hall–Kier alpha value is -3.06. The fourth-order valence-corrected chi connectivity index (χ4v) is 2.85. The normalized spacial score (nSPS) is 12.2. The van der Waals surface area contributed by atoms with Crippen LogP contribution in [0.5, 0.6) is 11.5 Å². The lowest BCUT2D eigenvalue weighted by molar-refractivity contribution is 0.0887. The highest BCUT2D eigenvalue weighted by Gasteiger charge is 2.19. The molecule has 0 aliphatic carbocycles.